The first-order valence-corrected chi connectivity index (χ1v) is 10.2. The monoisotopic (exact) mass is 370 g/mol. The van der Waals surface area contributed by atoms with Gasteiger partial charge in [0.2, 0.25) is 0 Å². The zero-order chi connectivity index (χ0) is 19.0. The van der Waals surface area contributed by atoms with E-state index in [2.05, 4.69) is 9.88 Å². The molecule has 6 heteroatoms. The van der Waals surface area contributed by atoms with Crippen LogP contribution < -0.4 is 5.56 Å². The normalized spacial score (nSPS) is 19.8. The fraction of sp³-hybridized carbons (Fsp3) is 0.619. The van der Waals surface area contributed by atoms with Gasteiger partial charge in [0.15, 0.2) is 0 Å². The number of rotatable bonds is 4. The number of nitrogens with zero attached hydrogens (tertiary/aromatic N) is 3. The van der Waals surface area contributed by atoms with Crippen molar-refractivity contribution in [3.05, 3.63) is 34.4 Å². The number of hydrogen-bond donors (Lipinski definition) is 1. The molecule has 0 aromatic carbocycles. The van der Waals surface area contributed by atoms with E-state index >= 15 is 0 Å². The number of carbonyl (C=O) groups excluding carboxylic acids is 1. The van der Waals surface area contributed by atoms with Gasteiger partial charge in [-0.25, -0.2) is 0 Å². The molecule has 1 saturated carbocycles. The number of aromatic amines is 1. The van der Waals surface area contributed by atoms with Crippen LogP contribution in [0, 0.1) is 5.92 Å². The van der Waals surface area contributed by atoms with Crippen LogP contribution in [0.2, 0.25) is 0 Å². The molecule has 4 rings (SSSR count). The van der Waals surface area contributed by atoms with Crippen LogP contribution in [0.4, 0.5) is 0 Å². The van der Waals surface area contributed by atoms with Gasteiger partial charge in [-0.05, 0) is 37.7 Å². The zero-order valence-corrected chi connectivity index (χ0v) is 16.4. The fourth-order valence-corrected chi connectivity index (χ4v) is 4.84. The predicted octanol–water partition coefficient (Wildman–Crippen LogP) is 2.59. The summed E-state index contributed by atoms with van der Waals surface area (Å²) in [6.07, 6.45) is 11.0. The first-order valence-electron chi connectivity index (χ1n) is 10.2. The molecule has 146 valence electrons. The van der Waals surface area contributed by atoms with Crippen molar-refractivity contribution in [3.63, 3.8) is 0 Å². The van der Waals surface area contributed by atoms with Gasteiger partial charge in [0.1, 0.15) is 5.52 Å². The number of carbonyl (C=O) groups is 1. The minimum atomic E-state index is -0.102. The molecule has 2 aliphatic rings. The van der Waals surface area contributed by atoms with Gasteiger partial charge in [-0.2, -0.15) is 0 Å². The molecule has 0 radical (unpaired) electrons. The lowest BCUT2D eigenvalue weighted by Gasteiger charge is -2.37. The number of H-pyrrole nitrogens is 1. The Hall–Kier alpha value is -2.08. The summed E-state index contributed by atoms with van der Waals surface area (Å²) in [5.74, 6) is 0.887. The summed E-state index contributed by atoms with van der Waals surface area (Å²) in [5.41, 5.74) is 1.00. The van der Waals surface area contributed by atoms with Gasteiger partial charge in [0.25, 0.3) is 11.5 Å². The molecule has 0 spiro atoms. The largest absolute Gasteiger partial charge is 0.357 e. The van der Waals surface area contributed by atoms with Crippen molar-refractivity contribution >= 4 is 16.8 Å². The van der Waals surface area contributed by atoms with Crippen LogP contribution in [0.25, 0.3) is 10.9 Å². The van der Waals surface area contributed by atoms with Crippen LogP contribution in [0.3, 0.4) is 0 Å². The van der Waals surface area contributed by atoms with E-state index in [4.69, 9.17) is 0 Å². The van der Waals surface area contributed by atoms with Crippen molar-refractivity contribution in [2.24, 2.45) is 13.0 Å². The molecule has 1 saturated heterocycles. The molecule has 2 aromatic rings. The molecule has 1 N–H and O–H groups in total. The van der Waals surface area contributed by atoms with Crippen LogP contribution in [0.15, 0.2) is 23.3 Å². The van der Waals surface area contributed by atoms with Crippen molar-refractivity contribution in [2.45, 2.75) is 44.6 Å². The minimum Gasteiger partial charge on any atom is -0.357 e. The van der Waals surface area contributed by atoms with Crippen molar-refractivity contribution in [3.8, 4) is 0 Å². The SMILES string of the molecule is CN(C(=O)c1cn(C)c(=O)c2[nH]ccc12)C1CCN(CC2CCCC2)CC1. The van der Waals surface area contributed by atoms with Crippen molar-refractivity contribution < 1.29 is 4.79 Å². The number of aromatic nitrogens is 2. The zero-order valence-electron chi connectivity index (χ0n) is 16.4. The number of likely N-dealkylation sites (tertiary alicyclic amines) is 1. The van der Waals surface area contributed by atoms with Crippen LogP contribution in [-0.4, -0.2) is 58.0 Å². The third-order valence-corrected chi connectivity index (χ3v) is 6.54. The second kappa shape index (κ2) is 7.50. The number of aryl methyl sites for hydroxylation is 1. The quantitative estimate of drug-likeness (QED) is 0.900. The highest BCUT2D eigenvalue weighted by Gasteiger charge is 2.28. The Morgan fingerprint density at radius 2 is 1.93 bits per heavy atom. The summed E-state index contributed by atoms with van der Waals surface area (Å²) >= 11 is 0. The maximum atomic E-state index is 13.2. The van der Waals surface area contributed by atoms with Crippen LogP contribution in [-0.2, 0) is 7.05 Å². The molecule has 0 atom stereocenters. The first kappa shape index (κ1) is 18.3. The molecule has 1 aliphatic heterocycles. The van der Waals surface area contributed by atoms with Crippen LogP contribution in [0.5, 0.6) is 0 Å². The van der Waals surface area contributed by atoms with E-state index in [1.54, 1.807) is 19.4 Å². The predicted molar refractivity (Wildman–Crippen MR) is 107 cm³/mol. The molecular formula is C21H30N4O2. The Morgan fingerprint density at radius 3 is 2.63 bits per heavy atom. The lowest BCUT2D eigenvalue weighted by atomic mass is 10.00. The molecule has 6 nitrogen and oxygen atoms in total. The van der Waals surface area contributed by atoms with Crippen LogP contribution in [0.1, 0.15) is 48.9 Å². The molecule has 2 aromatic heterocycles. The summed E-state index contributed by atoms with van der Waals surface area (Å²) in [4.78, 5) is 32.8. The van der Waals surface area contributed by atoms with Gasteiger partial charge in [-0.1, -0.05) is 12.8 Å². The van der Waals surface area contributed by atoms with Gasteiger partial charge in [-0.3, -0.25) is 9.59 Å². The van der Waals surface area contributed by atoms with E-state index in [0.29, 0.717) is 16.5 Å². The Balaban J connectivity index is 1.44. The van der Waals surface area contributed by atoms with Crippen molar-refractivity contribution in [1.82, 2.24) is 19.4 Å². The molecule has 0 bridgehead atoms. The number of hydrogen-bond acceptors (Lipinski definition) is 3. The molecular weight excluding hydrogens is 340 g/mol. The van der Waals surface area contributed by atoms with Crippen molar-refractivity contribution in [2.75, 3.05) is 26.7 Å². The van der Waals surface area contributed by atoms with Crippen LogP contribution >= 0.6 is 0 Å². The van der Waals surface area contributed by atoms with Gasteiger partial charge >= 0.3 is 0 Å². The third kappa shape index (κ3) is 3.55. The molecule has 0 unspecified atom stereocenters. The smallest absolute Gasteiger partial charge is 0.274 e. The van der Waals surface area contributed by atoms with E-state index in [9.17, 15) is 9.59 Å². The highest BCUT2D eigenvalue weighted by molar-refractivity contribution is 6.05. The average Bonchev–Trinajstić information content (AvgIpc) is 3.36. The summed E-state index contributed by atoms with van der Waals surface area (Å²) in [6, 6.07) is 2.09. The number of nitrogens with one attached hydrogen (secondary N) is 1. The Bertz CT molecular complexity index is 870. The standard InChI is InChI=1S/C21H30N4O2/c1-23-14-18(17-7-10-22-19(17)21(23)27)20(26)24(2)16-8-11-25(12-9-16)13-15-5-3-4-6-15/h7,10,14-16,22H,3-6,8-9,11-13H2,1-2H3. The van der Waals surface area contributed by atoms with Gasteiger partial charge in [0.05, 0.1) is 5.56 Å². The molecule has 1 amide bonds. The number of fused-ring (bicyclic) bond motifs is 1. The maximum Gasteiger partial charge on any atom is 0.274 e. The van der Waals surface area contributed by atoms with Crippen molar-refractivity contribution in [1.29, 1.82) is 0 Å². The molecule has 1 aliphatic carbocycles. The Morgan fingerprint density at radius 1 is 1.22 bits per heavy atom. The van der Waals surface area contributed by atoms with E-state index in [1.165, 1.54) is 36.8 Å². The van der Waals surface area contributed by atoms with Gasteiger partial charge in [0, 0.05) is 57.6 Å². The maximum absolute atomic E-state index is 13.2. The highest BCUT2D eigenvalue weighted by Crippen LogP contribution is 2.27. The topological polar surface area (TPSA) is 61.3 Å². The fourth-order valence-electron chi connectivity index (χ4n) is 4.84. The summed E-state index contributed by atoms with van der Waals surface area (Å²) in [5, 5.41) is 0.716. The molecule has 3 heterocycles. The summed E-state index contributed by atoms with van der Waals surface area (Å²) in [6.45, 7) is 3.38. The highest BCUT2D eigenvalue weighted by atomic mass is 16.2. The second-order valence-electron chi connectivity index (χ2n) is 8.32. The Labute approximate surface area is 160 Å². The third-order valence-electron chi connectivity index (χ3n) is 6.54. The summed E-state index contributed by atoms with van der Waals surface area (Å²) < 4.78 is 1.49. The number of piperidine rings is 1. The number of pyridine rings is 1. The van der Waals surface area contributed by atoms with E-state index in [1.807, 2.05) is 18.0 Å². The summed E-state index contributed by atoms with van der Waals surface area (Å²) in [7, 11) is 3.60. The van der Waals surface area contributed by atoms with E-state index < -0.39 is 0 Å². The van der Waals surface area contributed by atoms with E-state index in [-0.39, 0.29) is 17.5 Å². The average molecular weight is 370 g/mol. The first-order chi connectivity index (χ1) is 13.0. The second-order valence-corrected chi connectivity index (χ2v) is 8.32. The van der Waals surface area contributed by atoms with Gasteiger partial charge < -0.3 is 19.4 Å². The lowest BCUT2D eigenvalue weighted by Crippen LogP contribution is -2.46. The minimum absolute atomic E-state index is 0.00411. The van der Waals surface area contributed by atoms with E-state index in [0.717, 1.165) is 31.8 Å². The Kier molecular flexibility index (Phi) is 5.08. The molecule has 27 heavy (non-hydrogen) atoms. The van der Waals surface area contributed by atoms with Gasteiger partial charge in [-0.15, -0.1) is 0 Å². The lowest BCUT2D eigenvalue weighted by molar-refractivity contribution is 0.0630. The number of amides is 1. The molecule has 2 fully saturated rings.